The summed E-state index contributed by atoms with van der Waals surface area (Å²) in [6.45, 7) is 4.27. The topological polar surface area (TPSA) is 81.5 Å². The van der Waals surface area contributed by atoms with E-state index in [-0.39, 0.29) is 17.2 Å². The van der Waals surface area contributed by atoms with Crippen molar-refractivity contribution in [2.45, 2.75) is 26.7 Å². The fourth-order valence-electron chi connectivity index (χ4n) is 2.26. The number of benzene rings is 2. The Labute approximate surface area is 140 Å². The Morgan fingerprint density at radius 1 is 1.25 bits per heavy atom. The van der Waals surface area contributed by atoms with Crippen LogP contribution in [0.5, 0.6) is 5.75 Å². The van der Waals surface area contributed by atoms with Crippen molar-refractivity contribution in [2.24, 2.45) is 0 Å². The van der Waals surface area contributed by atoms with Gasteiger partial charge < -0.3 is 10.1 Å². The van der Waals surface area contributed by atoms with Crippen molar-refractivity contribution in [3.63, 3.8) is 0 Å². The molecule has 2 aromatic carbocycles. The average molecular weight is 328 g/mol. The van der Waals surface area contributed by atoms with Gasteiger partial charge >= 0.3 is 0 Å². The Morgan fingerprint density at radius 3 is 2.71 bits per heavy atom. The molecule has 0 radical (unpaired) electrons. The van der Waals surface area contributed by atoms with E-state index in [2.05, 4.69) is 12.2 Å². The van der Waals surface area contributed by atoms with Crippen LogP contribution >= 0.6 is 0 Å². The number of carbonyl (C=O) groups is 1. The zero-order valence-electron chi connectivity index (χ0n) is 13.7. The molecule has 6 nitrogen and oxygen atoms in total. The first kappa shape index (κ1) is 17.5. The molecule has 0 heterocycles. The van der Waals surface area contributed by atoms with Gasteiger partial charge in [-0.1, -0.05) is 25.5 Å². The molecule has 0 aliphatic heterocycles. The van der Waals surface area contributed by atoms with E-state index in [0.29, 0.717) is 23.6 Å². The molecule has 0 unspecified atom stereocenters. The summed E-state index contributed by atoms with van der Waals surface area (Å²) in [6, 6.07) is 11.6. The number of amides is 1. The van der Waals surface area contributed by atoms with Gasteiger partial charge in [0.25, 0.3) is 11.6 Å². The molecule has 1 amide bonds. The summed E-state index contributed by atoms with van der Waals surface area (Å²) < 4.78 is 5.61. The van der Waals surface area contributed by atoms with E-state index in [0.717, 1.165) is 12.8 Å². The van der Waals surface area contributed by atoms with Gasteiger partial charge in [0.2, 0.25) is 0 Å². The van der Waals surface area contributed by atoms with Crippen molar-refractivity contribution in [1.29, 1.82) is 0 Å². The van der Waals surface area contributed by atoms with Gasteiger partial charge in [0.05, 0.1) is 11.5 Å². The first-order chi connectivity index (χ1) is 11.5. The highest BCUT2D eigenvalue weighted by molar-refractivity contribution is 6.05. The first-order valence-corrected chi connectivity index (χ1v) is 7.81. The SMILES string of the molecule is CCCCOc1cccc(NC(=O)c2cccc([N+](=O)[O-])c2C)c1. The van der Waals surface area contributed by atoms with E-state index in [1.165, 1.54) is 12.1 Å². The fraction of sp³-hybridized carbons (Fsp3) is 0.278. The summed E-state index contributed by atoms with van der Waals surface area (Å²) in [7, 11) is 0. The van der Waals surface area contributed by atoms with E-state index >= 15 is 0 Å². The molecule has 2 aromatic rings. The molecule has 2 rings (SSSR count). The fourth-order valence-corrected chi connectivity index (χ4v) is 2.26. The van der Waals surface area contributed by atoms with Crippen LogP contribution in [0.25, 0.3) is 0 Å². The number of nitrogens with one attached hydrogen (secondary N) is 1. The lowest BCUT2D eigenvalue weighted by molar-refractivity contribution is -0.385. The van der Waals surface area contributed by atoms with Gasteiger partial charge in [-0.25, -0.2) is 0 Å². The van der Waals surface area contributed by atoms with E-state index in [1.54, 1.807) is 31.2 Å². The van der Waals surface area contributed by atoms with Crippen LogP contribution in [0.15, 0.2) is 42.5 Å². The van der Waals surface area contributed by atoms with Gasteiger partial charge in [-0.2, -0.15) is 0 Å². The maximum Gasteiger partial charge on any atom is 0.273 e. The summed E-state index contributed by atoms with van der Waals surface area (Å²) in [6.07, 6.45) is 2.01. The van der Waals surface area contributed by atoms with Crippen molar-refractivity contribution in [1.82, 2.24) is 0 Å². The van der Waals surface area contributed by atoms with E-state index in [9.17, 15) is 14.9 Å². The highest BCUT2D eigenvalue weighted by Crippen LogP contribution is 2.23. The number of rotatable bonds is 7. The smallest absolute Gasteiger partial charge is 0.273 e. The molecule has 0 fully saturated rings. The minimum Gasteiger partial charge on any atom is -0.494 e. The number of unbranched alkanes of at least 4 members (excludes halogenated alkanes) is 1. The van der Waals surface area contributed by atoms with Gasteiger partial charge in [0.1, 0.15) is 5.75 Å². The zero-order valence-corrected chi connectivity index (χ0v) is 13.7. The van der Waals surface area contributed by atoms with Crippen LogP contribution in [0.1, 0.15) is 35.7 Å². The molecule has 0 bridgehead atoms. The summed E-state index contributed by atoms with van der Waals surface area (Å²) in [4.78, 5) is 22.9. The number of hydrogen-bond acceptors (Lipinski definition) is 4. The third-order valence-corrected chi connectivity index (χ3v) is 3.61. The van der Waals surface area contributed by atoms with Crippen LogP contribution in [0.3, 0.4) is 0 Å². The van der Waals surface area contributed by atoms with Crippen molar-refractivity contribution in [3.8, 4) is 5.75 Å². The number of anilines is 1. The number of ether oxygens (including phenoxy) is 1. The molecular formula is C18H20N2O4. The standard InChI is InChI=1S/C18H20N2O4/c1-3-4-11-24-15-8-5-7-14(12-15)19-18(21)16-9-6-10-17(13(16)2)20(22)23/h5-10,12H,3-4,11H2,1-2H3,(H,19,21). The number of hydrogen-bond donors (Lipinski definition) is 1. The summed E-state index contributed by atoms with van der Waals surface area (Å²) in [5.74, 6) is 0.291. The summed E-state index contributed by atoms with van der Waals surface area (Å²) >= 11 is 0. The van der Waals surface area contributed by atoms with Crippen LogP contribution < -0.4 is 10.1 Å². The second kappa shape index (κ2) is 8.10. The Balaban J connectivity index is 2.14. The Kier molecular flexibility index (Phi) is 5.89. The predicted molar refractivity (Wildman–Crippen MR) is 92.6 cm³/mol. The number of carbonyl (C=O) groups excluding carboxylic acids is 1. The maximum atomic E-state index is 12.4. The minimum atomic E-state index is -0.492. The predicted octanol–water partition coefficient (Wildman–Crippen LogP) is 4.33. The molecule has 6 heteroatoms. The van der Waals surface area contributed by atoms with Gasteiger partial charge in [-0.05, 0) is 31.5 Å². The lowest BCUT2D eigenvalue weighted by Gasteiger charge is -2.10. The number of nitrogens with zero attached hydrogens (tertiary/aromatic N) is 1. The van der Waals surface area contributed by atoms with E-state index < -0.39 is 4.92 Å². The van der Waals surface area contributed by atoms with E-state index in [4.69, 9.17) is 4.74 Å². The van der Waals surface area contributed by atoms with Crippen molar-refractivity contribution in [2.75, 3.05) is 11.9 Å². The van der Waals surface area contributed by atoms with Crippen LogP contribution in [-0.4, -0.2) is 17.4 Å². The lowest BCUT2D eigenvalue weighted by atomic mass is 10.1. The van der Waals surface area contributed by atoms with Gasteiger partial charge in [-0.15, -0.1) is 0 Å². The molecule has 0 spiro atoms. The Bertz CT molecular complexity index is 744. The first-order valence-electron chi connectivity index (χ1n) is 7.81. The quantitative estimate of drug-likeness (QED) is 0.466. The second-order valence-electron chi connectivity index (χ2n) is 5.39. The maximum absolute atomic E-state index is 12.4. The van der Waals surface area contributed by atoms with Crippen LogP contribution in [0.2, 0.25) is 0 Å². The molecular weight excluding hydrogens is 308 g/mol. The Hall–Kier alpha value is -2.89. The number of nitro benzene ring substituents is 1. The molecule has 0 atom stereocenters. The zero-order chi connectivity index (χ0) is 17.5. The molecule has 0 saturated heterocycles. The third kappa shape index (κ3) is 4.32. The largest absolute Gasteiger partial charge is 0.494 e. The molecule has 0 saturated carbocycles. The highest BCUT2D eigenvalue weighted by Gasteiger charge is 2.18. The van der Waals surface area contributed by atoms with Crippen molar-refractivity contribution in [3.05, 3.63) is 63.7 Å². The van der Waals surface area contributed by atoms with Crippen LogP contribution in [-0.2, 0) is 0 Å². The van der Waals surface area contributed by atoms with Crippen molar-refractivity contribution >= 4 is 17.3 Å². The normalized spacial score (nSPS) is 10.2. The van der Waals surface area contributed by atoms with Gasteiger partial charge in [0.15, 0.2) is 0 Å². The summed E-state index contributed by atoms with van der Waals surface area (Å²) in [5.41, 5.74) is 1.14. The second-order valence-corrected chi connectivity index (χ2v) is 5.39. The van der Waals surface area contributed by atoms with Crippen molar-refractivity contribution < 1.29 is 14.5 Å². The lowest BCUT2D eigenvalue weighted by Crippen LogP contribution is -2.14. The highest BCUT2D eigenvalue weighted by atomic mass is 16.6. The average Bonchev–Trinajstić information content (AvgIpc) is 2.55. The Morgan fingerprint density at radius 2 is 2.00 bits per heavy atom. The monoisotopic (exact) mass is 328 g/mol. The van der Waals surface area contributed by atoms with Gasteiger partial charge in [-0.3, -0.25) is 14.9 Å². The van der Waals surface area contributed by atoms with E-state index in [1.807, 2.05) is 6.07 Å². The molecule has 24 heavy (non-hydrogen) atoms. The molecule has 0 aromatic heterocycles. The van der Waals surface area contributed by atoms with Crippen LogP contribution in [0.4, 0.5) is 11.4 Å². The van der Waals surface area contributed by atoms with Crippen LogP contribution in [0, 0.1) is 17.0 Å². The minimum absolute atomic E-state index is 0.0701. The molecule has 1 N–H and O–H groups in total. The third-order valence-electron chi connectivity index (χ3n) is 3.61. The molecule has 0 aliphatic carbocycles. The molecule has 126 valence electrons. The number of nitro groups is 1. The van der Waals surface area contributed by atoms with Gasteiger partial charge in [0, 0.05) is 28.9 Å². The molecule has 0 aliphatic rings. The summed E-state index contributed by atoms with van der Waals surface area (Å²) in [5, 5.41) is 13.7.